The van der Waals surface area contributed by atoms with E-state index in [0.717, 1.165) is 42.8 Å². The SMILES string of the molecule is CC(C)(C)OC(=O)NCCCCCCc1cc(Cl)ccn1. The molecule has 1 rings (SSSR count). The molecule has 1 N–H and O–H groups in total. The van der Waals surface area contributed by atoms with E-state index in [-0.39, 0.29) is 6.09 Å². The molecule has 0 radical (unpaired) electrons. The zero-order chi connectivity index (χ0) is 15.7. The van der Waals surface area contributed by atoms with Gasteiger partial charge in [0.15, 0.2) is 0 Å². The van der Waals surface area contributed by atoms with E-state index >= 15 is 0 Å². The zero-order valence-corrected chi connectivity index (χ0v) is 13.9. The number of nitrogens with one attached hydrogen (secondary N) is 1. The van der Waals surface area contributed by atoms with Crippen molar-refractivity contribution in [1.29, 1.82) is 0 Å². The molecule has 1 aromatic heterocycles. The number of aromatic nitrogens is 1. The highest BCUT2D eigenvalue weighted by Crippen LogP contribution is 2.11. The van der Waals surface area contributed by atoms with Crippen molar-refractivity contribution in [3.8, 4) is 0 Å². The van der Waals surface area contributed by atoms with Crippen LogP contribution in [0.2, 0.25) is 5.02 Å². The standard InChI is InChI=1S/C16H25ClN2O2/c1-16(2,3)21-15(20)19-10-7-5-4-6-8-14-12-13(17)9-11-18-14/h9,11-12H,4-8,10H2,1-3H3,(H,19,20). The molecule has 118 valence electrons. The molecule has 0 unspecified atom stereocenters. The summed E-state index contributed by atoms with van der Waals surface area (Å²) in [6, 6.07) is 3.69. The third kappa shape index (κ3) is 9.29. The minimum Gasteiger partial charge on any atom is -0.444 e. The molecule has 0 aliphatic heterocycles. The highest BCUT2D eigenvalue weighted by molar-refractivity contribution is 6.30. The van der Waals surface area contributed by atoms with E-state index < -0.39 is 5.60 Å². The van der Waals surface area contributed by atoms with Crippen molar-refractivity contribution in [2.75, 3.05) is 6.54 Å². The maximum absolute atomic E-state index is 11.4. The van der Waals surface area contributed by atoms with Crippen LogP contribution in [0.15, 0.2) is 18.3 Å². The minimum atomic E-state index is -0.436. The molecule has 4 nitrogen and oxygen atoms in total. The molecule has 0 saturated carbocycles. The van der Waals surface area contributed by atoms with Gasteiger partial charge in [-0.25, -0.2) is 4.79 Å². The molecular weight excluding hydrogens is 288 g/mol. The van der Waals surface area contributed by atoms with E-state index in [9.17, 15) is 4.79 Å². The van der Waals surface area contributed by atoms with Crippen molar-refractivity contribution < 1.29 is 9.53 Å². The maximum Gasteiger partial charge on any atom is 0.407 e. The van der Waals surface area contributed by atoms with Gasteiger partial charge in [-0.3, -0.25) is 4.98 Å². The average molecular weight is 313 g/mol. The molecule has 0 saturated heterocycles. The normalized spacial score (nSPS) is 11.2. The van der Waals surface area contributed by atoms with Crippen LogP contribution in [0, 0.1) is 0 Å². The highest BCUT2D eigenvalue weighted by atomic mass is 35.5. The van der Waals surface area contributed by atoms with E-state index in [0.29, 0.717) is 6.54 Å². The summed E-state index contributed by atoms with van der Waals surface area (Å²) >= 11 is 5.91. The lowest BCUT2D eigenvalue weighted by atomic mass is 10.1. The second-order valence-electron chi connectivity index (χ2n) is 6.06. The van der Waals surface area contributed by atoms with Gasteiger partial charge in [-0.05, 0) is 52.2 Å². The molecular formula is C16H25ClN2O2. The third-order valence-electron chi connectivity index (χ3n) is 2.81. The Balaban J connectivity index is 2.01. The Hall–Kier alpha value is -1.29. The maximum atomic E-state index is 11.4. The molecule has 1 amide bonds. The summed E-state index contributed by atoms with van der Waals surface area (Å²) < 4.78 is 5.16. The summed E-state index contributed by atoms with van der Waals surface area (Å²) in [5.41, 5.74) is 0.600. The van der Waals surface area contributed by atoms with E-state index in [2.05, 4.69) is 10.3 Å². The lowest BCUT2D eigenvalue weighted by Gasteiger charge is -2.19. The first kappa shape index (κ1) is 17.8. The zero-order valence-electron chi connectivity index (χ0n) is 13.1. The Morgan fingerprint density at radius 1 is 1.29 bits per heavy atom. The van der Waals surface area contributed by atoms with Gasteiger partial charge in [-0.1, -0.05) is 24.4 Å². The summed E-state index contributed by atoms with van der Waals surface area (Å²) in [6.45, 7) is 6.23. The Morgan fingerprint density at radius 3 is 2.67 bits per heavy atom. The third-order valence-corrected chi connectivity index (χ3v) is 3.04. The van der Waals surface area contributed by atoms with Crippen LogP contribution >= 0.6 is 11.6 Å². The quantitative estimate of drug-likeness (QED) is 0.761. The minimum absolute atomic E-state index is 0.342. The van der Waals surface area contributed by atoms with Gasteiger partial charge in [-0.2, -0.15) is 0 Å². The average Bonchev–Trinajstić information content (AvgIpc) is 2.35. The fraction of sp³-hybridized carbons (Fsp3) is 0.625. The smallest absolute Gasteiger partial charge is 0.407 e. The van der Waals surface area contributed by atoms with Gasteiger partial charge >= 0.3 is 6.09 Å². The van der Waals surface area contributed by atoms with Gasteiger partial charge in [0.25, 0.3) is 0 Å². The fourth-order valence-corrected chi connectivity index (χ4v) is 2.06. The number of alkyl carbamates (subject to hydrolysis) is 1. The van der Waals surface area contributed by atoms with E-state index in [1.54, 1.807) is 12.3 Å². The summed E-state index contributed by atoms with van der Waals surface area (Å²) in [7, 11) is 0. The van der Waals surface area contributed by atoms with Crippen LogP contribution in [0.5, 0.6) is 0 Å². The lowest BCUT2D eigenvalue weighted by Crippen LogP contribution is -2.32. The van der Waals surface area contributed by atoms with Crippen LogP contribution in [0.1, 0.15) is 52.1 Å². The fourth-order valence-electron chi connectivity index (χ4n) is 1.87. The summed E-state index contributed by atoms with van der Waals surface area (Å²) in [5, 5.41) is 3.50. The number of halogens is 1. The van der Waals surface area contributed by atoms with E-state index in [1.165, 1.54) is 0 Å². The molecule has 0 bridgehead atoms. The van der Waals surface area contributed by atoms with Gasteiger partial charge in [0.1, 0.15) is 5.60 Å². The number of rotatable bonds is 7. The highest BCUT2D eigenvalue weighted by Gasteiger charge is 2.15. The Morgan fingerprint density at radius 2 is 2.00 bits per heavy atom. The number of unbranched alkanes of at least 4 members (excludes halogenated alkanes) is 3. The van der Waals surface area contributed by atoms with Crippen molar-refractivity contribution in [3.05, 3.63) is 29.0 Å². The van der Waals surface area contributed by atoms with Gasteiger partial charge < -0.3 is 10.1 Å². The van der Waals surface area contributed by atoms with Crippen molar-refractivity contribution in [3.63, 3.8) is 0 Å². The molecule has 0 atom stereocenters. The Bertz CT molecular complexity index is 444. The number of carbonyl (C=O) groups excluding carboxylic acids is 1. The summed E-state index contributed by atoms with van der Waals surface area (Å²) in [6.07, 6.45) is 6.58. The molecule has 0 fully saturated rings. The van der Waals surface area contributed by atoms with Gasteiger partial charge in [0, 0.05) is 23.5 Å². The first-order valence-electron chi connectivity index (χ1n) is 7.44. The number of carbonyl (C=O) groups is 1. The van der Waals surface area contributed by atoms with Gasteiger partial charge in [0.05, 0.1) is 0 Å². The molecule has 0 aliphatic carbocycles. The lowest BCUT2D eigenvalue weighted by molar-refractivity contribution is 0.0527. The monoisotopic (exact) mass is 312 g/mol. The van der Waals surface area contributed by atoms with E-state index in [4.69, 9.17) is 16.3 Å². The molecule has 0 spiro atoms. The van der Waals surface area contributed by atoms with Crippen LogP contribution in [-0.4, -0.2) is 23.2 Å². The largest absolute Gasteiger partial charge is 0.444 e. The summed E-state index contributed by atoms with van der Waals surface area (Å²) in [4.78, 5) is 15.7. The molecule has 5 heteroatoms. The number of aryl methyl sites for hydroxylation is 1. The Labute approximate surface area is 132 Å². The molecule has 1 heterocycles. The summed E-state index contributed by atoms with van der Waals surface area (Å²) in [5.74, 6) is 0. The second-order valence-corrected chi connectivity index (χ2v) is 6.49. The van der Waals surface area contributed by atoms with Gasteiger partial charge in [-0.15, -0.1) is 0 Å². The molecule has 1 aromatic rings. The van der Waals surface area contributed by atoms with Crippen molar-refractivity contribution in [2.45, 2.75) is 58.5 Å². The van der Waals surface area contributed by atoms with Crippen LogP contribution in [-0.2, 0) is 11.2 Å². The number of amides is 1. The first-order valence-corrected chi connectivity index (χ1v) is 7.82. The van der Waals surface area contributed by atoms with Crippen molar-refractivity contribution in [1.82, 2.24) is 10.3 Å². The van der Waals surface area contributed by atoms with Crippen LogP contribution in [0.4, 0.5) is 4.79 Å². The van der Waals surface area contributed by atoms with Crippen molar-refractivity contribution in [2.24, 2.45) is 0 Å². The molecule has 0 aliphatic rings. The first-order chi connectivity index (χ1) is 9.87. The Kier molecular flexibility index (Phi) is 7.51. The van der Waals surface area contributed by atoms with Crippen LogP contribution < -0.4 is 5.32 Å². The van der Waals surface area contributed by atoms with Gasteiger partial charge in [0.2, 0.25) is 0 Å². The number of hydrogen-bond acceptors (Lipinski definition) is 3. The number of ether oxygens (including phenoxy) is 1. The topological polar surface area (TPSA) is 51.2 Å². The van der Waals surface area contributed by atoms with Crippen molar-refractivity contribution >= 4 is 17.7 Å². The predicted octanol–water partition coefficient (Wildman–Crippen LogP) is 4.36. The predicted molar refractivity (Wildman–Crippen MR) is 85.7 cm³/mol. The van der Waals surface area contributed by atoms with Crippen LogP contribution in [0.3, 0.4) is 0 Å². The number of pyridine rings is 1. The second kappa shape index (κ2) is 8.88. The van der Waals surface area contributed by atoms with E-state index in [1.807, 2.05) is 26.8 Å². The molecule has 21 heavy (non-hydrogen) atoms. The number of hydrogen-bond donors (Lipinski definition) is 1. The van der Waals surface area contributed by atoms with Crippen LogP contribution in [0.25, 0.3) is 0 Å². The molecule has 0 aromatic carbocycles. The number of nitrogens with zero attached hydrogens (tertiary/aromatic N) is 1.